The molecule has 2 heteroatoms. The van der Waals surface area contributed by atoms with Crippen LogP contribution in [0.5, 0.6) is 0 Å². The van der Waals surface area contributed by atoms with Gasteiger partial charge in [0, 0.05) is 12.1 Å². The lowest BCUT2D eigenvalue weighted by atomic mass is 9.94. The first kappa shape index (κ1) is 12.0. The van der Waals surface area contributed by atoms with Gasteiger partial charge in [-0.05, 0) is 34.2 Å². The van der Waals surface area contributed by atoms with Crippen LogP contribution in [-0.4, -0.2) is 5.91 Å². The third kappa shape index (κ3) is 2.03. The van der Waals surface area contributed by atoms with Crippen LogP contribution in [0.2, 0.25) is 0 Å². The third-order valence-corrected chi connectivity index (χ3v) is 3.73. The molecule has 0 unspecified atom stereocenters. The van der Waals surface area contributed by atoms with E-state index in [1.54, 1.807) is 0 Å². The molecule has 0 aliphatic carbocycles. The van der Waals surface area contributed by atoms with Crippen LogP contribution < -0.4 is 5.32 Å². The van der Waals surface area contributed by atoms with Crippen molar-refractivity contribution in [1.82, 2.24) is 5.32 Å². The summed E-state index contributed by atoms with van der Waals surface area (Å²) in [5.41, 5.74) is 5.60. The standard InChI is InChI=1S/C17H17NO/c1-11(2)12-6-8-13(9-7-12)14-4-3-5-15-16(14)10-18-17(15)19/h3-9,11H,10H2,1-2H3,(H,18,19). The van der Waals surface area contributed by atoms with E-state index < -0.39 is 0 Å². The van der Waals surface area contributed by atoms with Gasteiger partial charge in [0.2, 0.25) is 0 Å². The smallest absolute Gasteiger partial charge is 0.251 e. The Morgan fingerprint density at radius 3 is 2.37 bits per heavy atom. The maximum Gasteiger partial charge on any atom is 0.251 e. The molecule has 3 rings (SSSR count). The molecule has 0 atom stereocenters. The highest BCUT2D eigenvalue weighted by Gasteiger charge is 2.21. The Morgan fingerprint density at radius 2 is 1.68 bits per heavy atom. The highest BCUT2D eigenvalue weighted by Crippen LogP contribution is 2.30. The first-order chi connectivity index (χ1) is 9.16. The lowest BCUT2D eigenvalue weighted by Gasteiger charge is -2.09. The van der Waals surface area contributed by atoms with E-state index in [-0.39, 0.29) is 5.91 Å². The lowest BCUT2D eigenvalue weighted by Crippen LogP contribution is -2.12. The molecule has 96 valence electrons. The van der Waals surface area contributed by atoms with Crippen LogP contribution in [0.1, 0.15) is 41.3 Å². The Labute approximate surface area is 113 Å². The Balaban J connectivity index is 2.06. The molecular formula is C17H17NO. The number of carbonyl (C=O) groups is 1. The van der Waals surface area contributed by atoms with Gasteiger partial charge in [0.05, 0.1) is 0 Å². The summed E-state index contributed by atoms with van der Waals surface area (Å²) in [6, 6.07) is 14.6. The van der Waals surface area contributed by atoms with Crippen LogP contribution >= 0.6 is 0 Å². The largest absolute Gasteiger partial charge is 0.348 e. The van der Waals surface area contributed by atoms with Crippen molar-refractivity contribution in [3.8, 4) is 11.1 Å². The van der Waals surface area contributed by atoms with Crippen molar-refractivity contribution in [2.24, 2.45) is 0 Å². The van der Waals surface area contributed by atoms with Crippen LogP contribution in [-0.2, 0) is 6.54 Å². The van der Waals surface area contributed by atoms with E-state index >= 15 is 0 Å². The SMILES string of the molecule is CC(C)c1ccc(-c2cccc3c2CNC3=O)cc1. The van der Waals surface area contributed by atoms with Crippen LogP contribution in [0.25, 0.3) is 11.1 Å². The Hall–Kier alpha value is -2.09. The van der Waals surface area contributed by atoms with Gasteiger partial charge in [-0.2, -0.15) is 0 Å². The van der Waals surface area contributed by atoms with Crippen LogP contribution in [0.4, 0.5) is 0 Å². The molecule has 0 fully saturated rings. The average molecular weight is 251 g/mol. The van der Waals surface area contributed by atoms with Crippen LogP contribution in [0.15, 0.2) is 42.5 Å². The number of benzene rings is 2. The molecule has 0 saturated carbocycles. The molecule has 0 spiro atoms. The summed E-state index contributed by atoms with van der Waals surface area (Å²) < 4.78 is 0. The highest BCUT2D eigenvalue weighted by atomic mass is 16.1. The topological polar surface area (TPSA) is 29.1 Å². The van der Waals surface area contributed by atoms with E-state index in [9.17, 15) is 4.79 Å². The van der Waals surface area contributed by atoms with Gasteiger partial charge in [-0.3, -0.25) is 4.79 Å². The van der Waals surface area contributed by atoms with Gasteiger partial charge >= 0.3 is 0 Å². The van der Waals surface area contributed by atoms with Crippen LogP contribution in [0, 0.1) is 0 Å². The first-order valence-corrected chi connectivity index (χ1v) is 6.67. The van der Waals surface area contributed by atoms with Gasteiger partial charge in [0.25, 0.3) is 5.91 Å². The first-order valence-electron chi connectivity index (χ1n) is 6.67. The summed E-state index contributed by atoms with van der Waals surface area (Å²) in [5.74, 6) is 0.578. The number of nitrogens with one attached hydrogen (secondary N) is 1. The second-order valence-corrected chi connectivity index (χ2v) is 5.29. The van der Waals surface area contributed by atoms with Gasteiger partial charge in [-0.25, -0.2) is 0 Å². The molecule has 2 aromatic carbocycles. The molecule has 1 aliphatic heterocycles. The molecule has 0 aromatic heterocycles. The summed E-state index contributed by atoms with van der Waals surface area (Å²) in [5, 5.41) is 2.89. The molecule has 2 nitrogen and oxygen atoms in total. The zero-order valence-corrected chi connectivity index (χ0v) is 11.2. The van der Waals surface area contributed by atoms with Gasteiger partial charge < -0.3 is 5.32 Å². The number of carbonyl (C=O) groups excluding carboxylic acids is 1. The molecular weight excluding hydrogens is 234 g/mol. The number of hydrogen-bond acceptors (Lipinski definition) is 1. The second kappa shape index (κ2) is 4.54. The third-order valence-electron chi connectivity index (χ3n) is 3.73. The van der Waals surface area contributed by atoms with Crippen molar-refractivity contribution in [3.05, 3.63) is 59.2 Å². The zero-order chi connectivity index (χ0) is 13.4. The molecule has 1 N–H and O–H groups in total. The van der Waals surface area contributed by atoms with Crippen molar-refractivity contribution in [1.29, 1.82) is 0 Å². The summed E-state index contributed by atoms with van der Waals surface area (Å²) >= 11 is 0. The predicted molar refractivity (Wildman–Crippen MR) is 77.1 cm³/mol. The average Bonchev–Trinajstić information content (AvgIpc) is 2.81. The summed E-state index contributed by atoms with van der Waals surface area (Å²) in [4.78, 5) is 11.7. The van der Waals surface area contributed by atoms with E-state index in [1.165, 1.54) is 11.1 Å². The molecule has 2 aromatic rings. The Morgan fingerprint density at radius 1 is 1.00 bits per heavy atom. The number of fused-ring (bicyclic) bond motifs is 1. The maximum atomic E-state index is 11.7. The van der Waals surface area contributed by atoms with Crippen LogP contribution in [0.3, 0.4) is 0 Å². The lowest BCUT2D eigenvalue weighted by molar-refractivity contribution is 0.0966. The minimum atomic E-state index is 0.0376. The van der Waals surface area contributed by atoms with E-state index in [0.29, 0.717) is 12.5 Å². The van der Waals surface area contributed by atoms with Crippen molar-refractivity contribution >= 4 is 5.91 Å². The Kier molecular flexibility index (Phi) is 2.86. The fourth-order valence-electron chi connectivity index (χ4n) is 2.57. The maximum absolute atomic E-state index is 11.7. The van der Waals surface area contributed by atoms with Gasteiger partial charge in [-0.1, -0.05) is 50.2 Å². The quantitative estimate of drug-likeness (QED) is 0.866. The summed E-state index contributed by atoms with van der Waals surface area (Å²) in [6.07, 6.45) is 0. The second-order valence-electron chi connectivity index (χ2n) is 5.29. The molecule has 1 amide bonds. The van der Waals surface area contributed by atoms with E-state index in [2.05, 4.69) is 49.5 Å². The zero-order valence-electron chi connectivity index (χ0n) is 11.2. The fraction of sp³-hybridized carbons (Fsp3) is 0.235. The molecule has 19 heavy (non-hydrogen) atoms. The normalized spacial score (nSPS) is 13.5. The highest BCUT2D eigenvalue weighted by molar-refractivity contribution is 6.00. The minimum Gasteiger partial charge on any atom is -0.348 e. The fourth-order valence-corrected chi connectivity index (χ4v) is 2.57. The molecule has 0 bridgehead atoms. The molecule has 0 saturated heterocycles. The van der Waals surface area contributed by atoms with Crippen molar-refractivity contribution in [2.75, 3.05) is 0 Å². The predicted octanol–water partition coefficient (Wildman–Crippen LogP) is 3.72. The van der Waals surface area contributed by atoms with Crippen molar-refractivity contribution < 1.29 is 4.79 Å². The molecule has 1 aliphatic rings. The van der Waals surface area contributed by atoms with Gasteiger partial charge in [0.15, 0.2) is 0 Å². The Bertz CT molecular complexity index is 626. The van der Waals surface area contributed by atoms with Gasteiger partial charge in [-0.15, -0.1) is 0 Å². The number of rotatable bonds is 2. The van der Waals surface area contributed by atoms with Gasteiger partial charge in [0.1, 0.15) is 0 Å². The monoisotopic (exact) mass is 251 g/mol. The van der Waals surface area contributed by atoms with Crippen molar-refractivity contribution in [3.63, 3.8) is 0 Å². The number of amides is 1. The number of hydrogen-bond donors (Lipinski definition) is 1. The summed E-state index contributed by atoms with van der Waals surface area (Å²) in [6.45, 7) is 5.02. The van der Waals surface area contributed by atoms with E-state index in [1.807, 2.05) is 12.1 Å². The van der Waals surface area contributed by atoms with E-state index in [0.717, 1.165) is 16.7 Å². The minimum absolute atomic E-state index is 0.0376. The molecule has 0 radical (unpaired) electrons. The van der Waals surface area contributed by atoms with Crippen molar-refractivity contribution in [2.45, 2.75) is 26.3 Å². The van der Waals surface area contributed by atoms with E-state index in [4.69, 9.17) is 0 Å². The molecule has 1 heterocycles. The summed E-state index contributed by atoms with van der Waals surface area (Å²) in [7, 11) is 0.